The number of carboxylic acids is 1. The number of piperidine rings is 1. The average Bonchev–Trinajstić information content (AvgIpc) is 2.70. The number of nitrogens with zero attached hydrogens (tertiary/aromatic N) is 1. The van der Waals surface area contributed by atoms with E-state index < -0.39 is 17.3 Å². The molecule has 0 aromatic heterocycles. The highest BCUT2D eigenvalue weighted by Gasteiger charge is 2.31. The number of carbonyl (C=O) groups excluding carboxylic acids is 2. The lowest BCUT2D eigenvalue weighted by atomic mass is 10.0. The predicted molar refractivity (Wildman–Crippen MR) is 109 cm³/mol. The zero-order chi connectivity index (χ0) is 20.1. The van der Waals surface area contributed by atoms with Crippen molar-refractivity contribution in [2.24, 2.45) is 0 Å². The van der Waals surface area contributed by atoms with Crippen molar-refractivity contribution < 1.29 is 19.5 Å². The van der Waals surface area contributed by atoms with Crippen molar-refractivity contribution in [3.8, 4) is 0 Å². The van der Waals surface area contributed by atoms with Crippen LogP contribution in [0.25, 0.3) is 0 Å². The van der Waals surface area contributed by atoms with Gasteiger partial charge in [-0.15, -0.1) is 11.8 Å². The van der Waals surface area contributed by atoms with Crippen molar-refractivity contribution in [2.75, 3.05) is 11.4 Å². The third-order valence-corrected chi connectivity index (χ3v) is 5.76. The molecule has 3 rings (SSSR count). The van der Waals surface area contributed by atoms with Gasteiger partial charge in [0.1, 0.15) is 11.3 Å². The van der Waals surface area contributed by atoms with Gasteiger partial charge in [0.05, 0.1) is 5.56 Å². The maximum absolute atomic E-state index is 12.9. The summed E-state index contributed by atoms with van der Waals surface area (Å²) < 4.78 is 0. The molecule has 1 aliphatic rings. The number of thioether (sulfide) groups is 1. The summed E-state index contributed by atoms with van der Waals surface area (Å²) in [7, 11) is 0. The van der Waals surface area contributed by atoms with Crippen LogP contribution in [-0.4, -0.2) is 40.7 Å². The van der Waals surface area contributed by atoms with Crippen molar-refractivity contribution >= 4 is 35.2 Å². The first-order valence-electron chi connectivity index (χ1n) is 9.13. The van der Waals surface area contributed by atoms with Gasteiger partial charge in [0.15, 0.2) is 0 Å². The minimum absolute atomic E-state index is 0.130. The standard InChI is InChI=1S/C21H22N2O4S/c1-14(21(26)27)28-18-12-6-5-10-16(18)19(24)22-17-11-7-13-23(20(17)25)15-8-3-2-4-9-15/h2-6,8-10,12,14,17H,7,11,13H2,1H3,(H,22,24)(H,26,27). The lowest BCUT2D eigenvalue weighted by molar-refractivity contribution is -0.136. The minimum Gasteiger partial charge on any atom is -0.480 e. The molecular formula is C21H22N2O4S. The van der Waals surface area contributed by atoms with E-state index in [1.54, 1.807) is 36.1 Å². The quantitative estimate of drug-likeness (QED) is 0.730. The highest BCUT2D eigenvalue weighted by Crippen LogP contribution is 2.27. The monoisotopic (exact) mass is 398 g/mol. The summed E-state index contributed by atoms with van der Waals surface area (Å²) in [6.07, 6.45) is 1.37. The van der Waals surface area contributed by atoms with Gasteiger partial charge in [-0.1, -0.05) is 30.3 Å². The molecule has 1 heterocycles. The number of carbonyl (C=O) groups is 3. The Morgan fingerprint density at radius 3 is 2.54 bits per heavy atom. The van der Waals surface area contributed by atoms with Gasteiger partial charge in [-0.05, 0) is 44.0 Å². The van der Waals surface area contributed by atoms with Crippen LogP contribution in [0.2, 0.25) is 0 Å². The van der Waals surface area contributed by atoms with Crippen molar-refractivity contribution in [2.45, 2.75) is 36.0 Å². The predicted octanol–water partition coefficient (Wildman–Crippen LogP) is 3.18. The molecule has 1 saturated heterocycles. The largest absolute Gasteiger partial charge is 0.480 e. The lowest BCUT2D eigenvalue weighted by Crippen LogP contribution is -2.52. The van der Waals surface area contributed by atoms with Gasteiger partial charge in [-0.25, -0.2) is 0 Å². The maximum Gasteiger partial charge on any atom is 0.316 e. The average molecular weight is 398 g/mol. The van der Waals surface area contributed by atoms with Crippen molar-refractivity contribution in [3.63, 3.8) is 0 Å². The second-order valence-electron chi connectivity index (χ2n) is 6.59. The van der Waals surface area contributed by atoms with Gasteiger partial charge in [0.2, 0.25) is 5.91 Å². The second-order valence-corrected chi connectivity index (χ2v) is 7.97. The number of hydrogen-bond acceptors (Lipinski definition) is 4. The molecule has 2 aromatic rings. The molecule has 2 amide bonds. The Hall–Kier alpha value is -2.80. The smallest absolute Gasteiger partial charge is 0.316 e. The number of aliphatic carboxylic acids is 1. The molecule has 1 fully saturated rings. The van der Waals surface area contributed by atoms with E-state index in [1.165, 1.54) is 0 Å². The molecule has 0 bridgehead atoms. The molecule has 0 spiro atoms. The zero-order valence-electron chi connectivity index (χ0n) is 15.5. The van der Waals surface area contributed by atoms with E-state index in [1.807, 2.05) is 30.3 Å². The molecule has 0 aliphatic carbocycles. The zero-order valence-corrected chi connectivity index (χ0v) is 16.3. The Labute approximate surface area is 167 Å². The first-order chi connectivity index (χ1) is 13.5. The van der Waals surface area contributed by atoms with Crippen LogP contribution >= 0.6 is 11.8 Å². The molecule has 28 heavy (non-hydrogen) atoms. The fourth-order valence-corrected chi connectivity index (χ4v) is 4.03. The highest BCUT2D eigenvalue weighted by molar-refractivity contribution is 8.00. The number of carboxylic acid groups (broad SMARTS) is 1. The molecule has 2 aromatic carbocycles. The second kappa shape index (κ2) is 8.93. The molecule has 146 valence electrons. The van der Waals surface area contributed by atoms with E-state index in [0.717, 1.165) is 23.9 Å². The number of para-hydroxylation sites is 1. The first-order valence-corrected chi connectivity index (χ1v) is 10.0. The van der Waals surface area contributed by atoms with Crippen molar-refractivity contribution in [3.05, 3.63) is 60.2 Å². The molecule has 7 heteroatoms. The summed E-state index contributed by atoms with van der Waals surface area (Å²) in [5.74, 6) is -1.44. The summed E-state index contributed by atoms with van der Waals surface area (Å²) in [6, 6.07) is 15.7. The molecule has 0 radical (unpaired) electrons. The molecule has 0 saturated carbocycles. The fourth-order valence-electron chi connectivity index (χ4n) is 3.11. The first kappa shape index (κ1) is 19.9. The Kier molecular flexibility index (Phi) is 6.36. The van der Waals surface area contributed by atoms with Crippen LogP contribution in [0, 0.1) is 0 Å². The van der Waals surface area contributed by atoms with Gasteiger partial charge >= 0.3 is 5.97 Å². The van der Waals surface area contributed by atoms with E-state index in [2.05, 4.69) is 5.32 Å². The van der Waals surface area contributed by atoms with Crippen molar-refractivity contribution in [1.29, 1.82) is 0 Å². The van der Waals surface area contributed by atoms with Crippen LogP contribution < -0.4 is 10.2 Å². The number of anilines is 1. The summed E-state index contributed by atoms with van der Waals surface area (Å²) in [4.78, 5) is 39.1. The number of hydrogen-bond donors (Lipinski definition) is 2. The van der Waals surface area contributed by atoms with Crippen LogP contribution in [0.3, 0.4) is 0 Å². The maximum atomic E-state index is 12.9. The Morgan fingerprint density at radius 2 is 1.82 bits per heavy atom. The third-order valence-electron chi connectivity index (χ3n) is 4.60. The van der Waals surface area contributed by atoms with E-state index in [4.69, 9.17) is 5.11 Å². The van der Waals surface area contributed by atoms with E-state index in [-0.39, 0.29) is 11.8 Å². The summed E-state index contributed by atoms with van der Waals surface area (Å²) >= 11 is 1.11. The molecule has 1 aliphatic heterocycles. The topological polar surface area (TPSA) is 86.7 Å². The van der Waals surface area contributed by atoms with Crippen LogP contribution in [0.4, 0.5) is 5.69 Å². The highest BCUT2D eigenvalue weighted by atomic mass is 32.2. The SMILES string of the molecule is CC(Sc1ccccc1C(=O)NC1CCCN(c2ccccc2)C1=O)C(=O)O. The summed E-state index contributed by atoms with van der Waals surface area (Å²) in [6.45, 7) is 2.20. The van der Waals surface area contributed by atoms with Gasteiger partial charge in [0, 0.05) is 17.1 Å². The van der Waals surface area contributed by atoms with E-state index in [9.17, 15) is 14.4 Å². The van der Waals surface area contributed by atoms with Gasteiger partial charge in [0.25, 0.3) is 5.91 Å². The van der Waals surface area contributed by atoms with Gasteiger partial charge in [-0.3, -0.25) is 14.4 Å². The Morgan fingerprint density at radius 1 is 1.14 bits per heavy atom. The molecule has 2 unspecified atom stereocenters. The molecule has 2 atom stereocenters. The summed E-state index contributed by atoms with van der Waals surface area (Å²) in [5.41, 5.74) is 1.20. The van der Waals surface area contributed by atoms with Gasteiger partial charge in [-0.2, -0.15) is 0 Å². The van der Waals surface area contributed by atoms with E-state index in [0.29, 0.717) is 23.4 Å². The summed E-state index contributed by atoms with van der Waals surface area (Å²) in [5, 5.41) is 11.3. The normalized spacial score (nSPS) is 17.8. The third kappa shape index (κ3) is 4.54. The van der Waals surface area contributed by atoms with Crippen LogP contribution in [0.15, 0.2) is 59.5 Å². The molecular weight excluding hydrogens is 376 g/mol. The Balaban J connectivity index is 1.74. The number of rotatable bonds is 6. The number of amides is 2. The van der Waals surface area contributed by atoms with Crippen LogP contribution in [0.1, 0.15) is 30.1 Å². The van der Waals surface area contributed by atoms with E-state index >= 15 is 0 Å². The number of nitrogens with one attached hydrogen (secondary N) is 1. The van der Waals surface area contributed by atoms with Crippen molar-refractivity contribution in [1.82, 2.24) is 5.32 Å². The lowest BCUT2D eigenvalue weighted by Gasteiger charge is -2.32. The molecule has 2 N–H and O–H groups in total. The van der Waals surface area contributed by atoms with Gasteiger partial charge < -0.3 is 15.3 Å². The van der Waals surface area contributed by atoms with Crippen LogP contribution in [-0.2, 0) is 9.59 Å². The Bertz CT molecular complexity index is 872. The molecule has 6 nitrogen and oxygen atoms in total. The van der Waals surface area contributed by atoms with Crippen LogP contribution in [0.5, 0.6) is 0 Å². The fraction of sp³-hybridized carbons (Fsp3) is 0.286. The minimum atomic E-state index is -0.943. The number of benzene rings is 2.